The lowest BCUT2D eigenvalue weighted by Gasteiger charge is -2.13. The van der Waals surface area contributed by atoms with Gasteiger partial charge in [-0.25, -0.2) is 9.97 Å². The van der Waals surface area contributed by atoms with E-state index in [1.165, 1.54) is 32.3 Å². The molecule has 46 heavy (non-hydrogen) atoms. The fourth-order valence-corrected chi connectivity index (χ4v) is 7.62. The molecule has 0 fully saturated rings. The van der Waals surface area contributed by atoms with E-state index in [2.05, 4.69) is 137 Å². The summed E-state index contributed by atoms with van der Waals surface area (Å²) in [5, 5.41) is 9.67. The molecule has 3 heterocycles. The first-order valence-electron chi connectivity index (χ1n) is 15.2. The van der Waals surface area contributed by atoms with Crippen LogP contribution < -0.4 is 0 Å². The van der Waals surface area contributed by atoms with Crippen LogP contribution in [0.2, 0.25) is 0 Å². The fourth-order valence-electron chi connectivity index (χ4n) is 6.90. The van der Waals surface area contributed by atoms with Gasteiger partial charge in [0.1, 0.15) is 0 Å². The van der Waals surface area contributed by atoms with Gasteiger partial charge in [0.2, 0.25) is 5.95 Å². The van der Waals surface area contributed by atoms with Crippen molar-refractivity contribution in [3.8, 4) is 28.7 Å². The van der Waals surface area contributed by atoms with Crippen molar-refractivity contribution in [2.45, 2.75) is 0 Å². The molecule has 10 aromatic rings. The minimum Gasteiger partial charge on any atom is -0.278 e. The lowest BCUT2D eigenvalue weighted by atomic mass is 9.93. The minimum absolute atomic E-state index is 0.588. The van der Waals surface area contributed by atoms with Crippen molar-refractivity contribution in [3.63, 3.8) is 0 Å². The average molecular weight is 606 g/mol. The van der Waals surface area contributed by atoms with Crippen LogP contribution in [0.25, 0.3) is 93.1 Å². The molecule has 3 aromatic heterocycles. The smallest absolute Gasteiger partial charge is 0.238 e. The summed E-state index contributed by atoms with van der Waals surface area (Å²) in [5.74, 6) is 1.84. The van der Waals surface area contributed by atoms with E-state index in [0.29, 0.717) is 17.6 Å². The third-order valence-corrected chi connectivity index (χ3v) is 9.79. The topological polar surface area (TPSA) is 56.5 Å². The van der Waals surface area contributed by atoms with Gasteiger partial charge in [0.15, 0.2) is 11.6 Å². The summed E-state index contributed by atoms with van der Waals surface area (Å²) < 4.78 is 3.26. The van der Waals surface area contributed by atoms with Crippen LogP contribution in [0.5, 0.6) is 0 Å². The van der Waals surface area contributed by atoms with Gasteiger partial charge in [-0.05, 0) is 68.7 Å². The van der Waals surface area contributed by atoms with E-state index in [4.69, 9.17) is 15.0 Å². The van der Waals surface area contributed by atoms with Gasteiger partial charge in [-0.1, -0.05) is 97.1 Å². The maximum absolute atomic E-state index is 5.20. The van der Waals surface area contributed by atoms with E-state index in [1.54, 1.807) is 11.3 Å². The van der Waals surface area contributed by atoms with Gasteiger partial charge in [0.25, 0.3) is 0 Å². The second kappa shape index (κ2) is 9.76. The summed E-state index contributed by atoms with van der Waals surface area (Å²) in [6, 6.07) is 47.0. The van der Waals surface area contributed by atoms with Crippen LogP contribution in [0, 0.1) is 0 Å². The minimum atomic E-state index is 0.588. The molecule has 214 valence electrons. The molecule has 0 aliphatic heterocycles. The normalized spacial score (nSPS) is 11.9. The number of hydrogen-bond donors (Lipinski definition) is 0. The van der Waals surface area contributed by atoms with Crippen molar-refractivity contribution in [2.75, 3.05) is 0 Å². The summed E-state index contributed by atoms with van der Waals surface area (Å²) in [4.78, 5) is 20.0. The zero-order valence-electron chi connectivity index (χ0n) is 24.4. The van der Waals surface area contributed by atoms with Crippen molar-refractivity contribution in [1.29, 1.82) is 0 Å². The van der Waals surface area contributed by atoms with Gasteiger partial charge in [0, 0.05) is 21.9 Å². The van der Waals surface area contributed by atoms with Gasteiger partial charge in [-0.3, -0.25) is 4.57 Å². The van der Waals surface area contributed by atoms with E-state index < -0.39 is 0 Å². The Bertz CT molecular complexity index is 2740. The molecule has 0 spiro atoms. The van der Waals surface area contributed by atoms with Gasteiger partial charge in [-0.15, -0.1) is 11.3 Å². The molecule has 0 radical (unpaired) electrons. The molecule has 0 atom stereocenters. The number of nitrogens with zero attached hydrogens (tertiary/aromatic N) is 5. The Morgan fingerprint density at radius 3 is 1.57 bits per heavy atom. The van der Waals surface area contributed by atoms with E-state index in [0.717, 1.165) is 43.1 Å². The molecule has 6 heteroatoms. The number of rotatable bonds is 3. The largest absolute Gasteiger partial charge is 0.278 e. The third-order valence-electron chi connectivity index (χ3n) is 9.00. The highest BCUT2D eigenvalue weighted by Crippen LogP contribution is 2.38. The number of benzene rings is 7. The summed E-state index contributed by atoms with van der Waals surface area (Å²) in [7, 11) is 0. The highest BCUT2D eigenvalue weighted by molar-refractivity contribution is 7.16. The molecule has 0 saturated heterocycles. The summed E-state index contributed by atoms with van der Waals surface area (Å²) in [6.07, 6.45) is 0. The molecule has 10 rings (SSSR count). The van der Waals surface area contributed by atoms with E-state index >= 15 is 0 Å². The highest BCUT2D eigenvalue weighted by Gasteiger charge is 2.18. The molecule has 0 amide bonds. The highest BCUT2D eigenvalue weighted by atomic mass is 32.1. The van der Waals surface area contributed by atoms with Gasteiger partial charge in [0.05, 0.1) is 26.8 Å². The zero-order chi connectivity index (χ0) is 30.2. The third kappa shape index (κ3) is 3.74. The first kappa shape index (κ1) is 25.4. The Kier molecular flexibility index (Phi) is 5.38. The van der Waals surface area contributed by atoms with Gasteiger partial charge < -0.3 is 0 Å². The number of para-hydroxylation sites is 2. The molecule has 0 saturated carbocycles. The molecule has 0 N–H and O–H groups in total. The molecular weight excluding hydrogens is 583 g/mol. The number of hydrogen-bond acceptors (Lipinski definition) is 5. The van der Waals surface area contributed by atoms with Crippen molar-refractivity contribution < 1.29 is 0 Å². The van der Waals surface area contributed by atoms with E-state index in [9.17, 15) is 0 Å². The quantitative estimate of drug-likeness (QED) is 0.188. The molecule has 5 nitrogen and oxygen atoms in total. The number of aromatic nitrogens is 5. The average Bonchev–Trinajstić information content (AvgIpc) is 3.74. The first-order chi connectivity index (χ1) is 22.8. The Hall–Kier alpha value is -5.98. The molecule has 0 aliphatic rings. The Balaban J connectivity index is 1.28. The standard InChI is InChI=1S/C40H23N5S/c1-2-11-28-26(9-1)27-10-3-4-12-29(27)33-21-24(17-19-30(28)33)38-42-39(25-18-20-34-37(22-25)46-23-41-34)44-40(43-38)45-35-15-7-5-13-31(35)32-14-6-8-16-36(32)45/h1-23H. The number of thiazole rings is 1. The predicted octanol–water partition coefficient (Wildman–Crippen LogP) is 10.4. The molecule has 0 aliphatic carbocycles. The van der Waals surface area contributed by atoms with Crippen LogP contribution in [-0.4, -0.2) is 24.5 Å². The van der Waals surface area contributed by atoms with Crippen LogP contribution >= 0.6 is 11.3 Å². The zero-order valence-corrected chi connectivity index (χ0v) is 25.2. The Morgan fingerprint density at radius 1 is 0.435 bits per heavy atom. The van der Waals surface area contributed by atoms with Crippen LogP contribution in [0.1, 0.15) is 0 Å². The second-order valence-corrected chi connectivity index (χ2v) is 12.4. The van der Waals surface area contributed by atoms with Crippen molar-refractivity contribution in [3.05, 3.63) is 139 Å². The van der Waals surface area contributed by atoms with Crippen LogP contribution in [0.4, 0.5) is 0 Å². The lowest BCUT2D eigenvalue weighted by Crippen LogP contribution is -2.06. The number of fused-ring (bicyclic) bond motifs is 10. The second-order valence-electron chi connectivity index (χ2n) is 11.5. The van der Waals surface area contributed by atoms with E-state index in [1.807, 2.05) is 11.6 Å². The first-order valence-corrected chi connectivity index (χ1v) is 16.1. The van der Waals surface area contributed by atoms with Crippen molar-refractivity contribution in [1.82, 2.24) is 24.5 Å². The monoisotopic (exact) mass is 605 g/mol. The van der Waals surface area contributed by atoms with Crippen molar-refractivity contribution in [2.24, 2.45) is 0 Å². The van der Waals surface area contributed by atoms with E-state index in [-0.39, 0.29) is 0 Å². The van der Waals surface area contributed by atoms with Crippen LogP contribution in [-0.2, 0) is 0 Å². The summed E-state index contributed by atoms with van der Waals surface area (Å²) in [6.45, 7) is 0. The molecule has 0 unspecified atom stereocenters. The van der Waals surface area contributed by atoms with Crippen LogP contribution in [0.3, 0.4) is 0 Å². The fraction of sp³-hybridized carbons (Fsp3) is 0. The predicted molar refractivity (Wildman–Crippen MR) is 191 cm³/mol. The summed E-state index contributed by atoms with van der Waals surface area (Å²) in [5.41, 5.74) is 6.83. The summed E-state index contributed by atoms with van der Waals surface area (Å²) >= 11 is 1.62. The SMILES string of the molecule is c1ccc2c(c1)c1ccccc1c1cc(-c3nc(-c4ccc5ncsc5c4)nc(-n4c5ccccc5c5ccccc54)n3)ccc21. The van der Waals surface area contributed by atoms with Gasteiger partial charge in [-0.2, -0.15) is 9.97 Å². The maximum Gasteiger partial charge on any atom is 0.238 e. The Morgan fingerprint density at radius 2 is 0.935 bits per heavy atom. The van der Waals surface area contributed by atoms with Crippen LogP contribution in [0.15, 0.2) is 139 Å². The van der Waals surface area contributed by atoms with Gasteiger partial charge >= 0.3 is 0 Å². The Labute approximate surface area is 267 Å². The maximum atomic E-state index is 5.20. The van der Waals surface area contributed by atoms with Crippen molar-refractivity contribution >= 4 is 75.7 Å². The molecular formula is C40H23N5S. The molecule has 0 bridgehead atoms. The lowest BCUT2D eigenvalue weighted by molar-refractivity contribution is 0.954. The molecule has 7 aromatic carbocycles.